The van der Waals surface area contributed by atoms with Gasteiger partial charge in [0.1, 0.15) is 11.6 Å². The lowest BCUT2D eigenvalue weighted by Gasteiger charge is -2.48. The summed E-state index contributed by atoms with van der Waals surface area (Å²) in [5.41, 5.74) is -1.78. The van der Waals surface area contributed by atoms with Crippen molar-refractivity contribution in [2.45, 2.75) is 104 Å². The molecule has 1 aromatic carbocycles. The van der Waals surface area contributed by atoms with Crippen molar-refractivity contribution in [2.75, 3.05) is 7.11 Å². The highest BCUT2D eigenvalue weighted by Crippen LogP contribution is 2.56. The molecule has 0 N–H and O–H groups in total. The molecule has 1 heterocycles. The van der Waals surface area contributed by atoms with Crippen LogP contribution in [0.15, 0.2) is 18.2 Å². The summed E-state index contributed by atoms with van der Waals surface area (Å²) >= 11 is 0. The highest BCUT2D eigenvalue weighted by Gasteiger charge is 2.69. The molecule has 0 spiro atoms. The molecule has 0 radical (unpaired) electrons. The lowest BCUT2D eigenvalue weighted by molar-refractivity contribution is -0.212. The first-order valence-electron chi connectivity index (χ1n) is 14.3. The third-order valence-corrected chi connectivity index (χ3v) is 8.81. The van der Waals surface area contributed by atoms with Crippen LogP contribution in [0.4, 0.5) is 0 Å². The van der Waals surface area contributed by atoms with E-state index < -0.39 is 52.3 Å². The number of benzene rings is 1. The number of aryl methyl sites for hydroxylation is 1. The number of ketones is 4. The van der Waals surface area contributed by atoms with Gasteiger partial charge in [0.2, 0.25) is 11.5 Å². The van der Waals surface area contributed by atoms with Crippen molar-refractivity contribution in [3.63, 3.8) is 0 Å². The number of hydroxylamine groups is 2. The molecule has 218 valence electrons. The number of Topliss-reactive ketones (excluding diaryl/α,β-unsaturated/α-hetero) is 4. The van der Waals surface area contributed by atoms with E-state index in [1.54, 1.807) is 52.8 Å². The van der Waals surface area contributed by atoms with Gasteiger partial charge in [-0.2, -0.15) is 0 Å². The van der Waals surface area contributed by atoms with Crippen molar-refractivity contribution < 1.29 is 38.3 Å². The summed E-state index contributed by atoms with van der Waals surface area (Å²) in [6, 6.07) is 4.08. The number of hydrogen-bond acceptors (Lipinski definition) is 8. The van der Waals surface area contributed by atoms with Crippen molar-refractivity contribution in [3.05, 3.63) is 34.9 Å². The Morgan fingerprint density at radius 2 is 1.48 bits per heavy atom. The Balaban J connectivity index is 2.42. The van der Waals surface area contributed by atoms with Gasteiger partial charge in [0.15, 0.2) is 11.6 Å². The van der Waals surface area contributed by atoms with Crippen molar-refractivity contribution in [3.8, 4) is 0 Å². The van der Waals surface area contributed by atoms with E-state index in [0.29, 0.717) is 5.56 Å². The van der Waals surface area contributed by atoms with E-state index >= 15 is 0 Å². The monoisotopic (exact) mass is 555 g/mol. The van der Waals surface area contributed by atoms with Crippen LogP contribution in [-0.2, 0) is 39.0 Å². The summed E-state index contributed by atoms with van der Waals surface area (Å²) in [4.78, 5) is 87.0. The fraction of sp³-hybridized carbons (Fsp3) is 0.613. The molecule has 1 amide bonds. The smallest absolute Gasteiger partial charge is 0.337 e. The lowest BCUT2D eigenvalue weighted by atomic mass is 9.53. The zero-order chi connectivity index (χ0) is 30.0. The molecule has 3 rings (SSSR count). The van der Waals surface area contributed by atoms with Crippen LogP contribution in [0, 0.1) is 18.8 Å². The Kier molecular flexibility index (Phi) is 9.50. The summed E-state index contributed by atoms with van der Waals surface area (Å²) in [7, 11) is 1.27. The third kappa shape index (κ3) is 4.82. The molecule has 1 aliphatic heterocycles. The largest absolute Gasteiger partial charge is 0.465 e. The predicted molar refractivity (Wildman–Crippen MR) is 146 cm³/mol. The SMILES string of the molecule is CCC(=O)[C@H]1C[C@@](C(=O)CC)(c2cc(C(=O)OC)ccc2C)C[C@@H]2[C@H]1N(C(=O)CC)OC2(C(=O)CC)C(=O)CC. The van der Waals surface area contributed by atoms with Gasteiger partial charge in [-0.05, 0) is 43.0 Å². The van der Waals surface area contributed by atoms with Gasteiger partial charge in [0.25, 0.3) is 0 Å². The Hall–Kier alpha value is -3.20. The van der Waals surface area contributed by atoms with Crippen molar-refractivity contribution >= 4 is 35.0 Å². The van der Waals surface area contributed by atoms with Gasteiger partial charge < -0.3 is 4.74 Å². The van der Waals surface area contributed by atoms with Crippen LogP contribution in [-0.4, -0.2) is 58.8 Å². The number of ether oxygens (including phenoxy) is 1. The minimum atomic E-state index is -2.00. The molecule has 1 aliphatic carbocycles. The van der Waals surface area contributed by atoms with E-state index in [0.717, 1.165) is 10.6 Å². The van der Waals surface area contributed by atoms with Crippen LogP contribution < -0.4 is 0 Å². The molecular weight excluding hydrogens is 514 g/mol. The second-order valence-corrected chi connectivity index (χ2v) is 10.8. The molecule has 1 aromatic rings. The molecule has 0 aromatic heterocycles. The number of methoxy groups -OCH3 is 1. The second-order valence-electron chi connectivity index (χ2n) is 10.8. The number of fused-ring (bicyclic) bond motifs is 1. The summed E-state index contributed by atoms with van der Waals surface area (Å²) in [6.45, 7) is 10.2. The minimum absolute atomic E-state index is 0.00821. The standard InChI is InChI=1S/C31H41NO8/c1-8-23(33)20-16-30(24(34)9-2,21-15-19(29(38)39-7)14-13-18(21)6)17-22-28(20)32(27(37)12-5)40-31(22,25(35)10-3)26(36)11-4/h13-15,20,22,28H,8-12,16-17H2,1-7H3/t20-,22-,28+,30+/m1/s1. The van der Waals surface area contributed by atoms with Gasteiger partial charge in [0, 0.05) is 43.9 Å². The maximum Gasteiger partial charge on any atom is 0.337 e. The van der Waals surface area contributed by atoms with E-state index in [1.807, 2.05) is 6.92 Å². The van der Waals surface area contributed by atoms with Gasteiger partial charge in [-0.1, -0.05) is 40.7 Å². The average molecular weight is 556 g/mol. The van der Waals surface area contributed by atoms with Crippen molar-refractivity contribution in [1.29, 1.82) is 0 Å². The van der Waals surface area contributed by atoms with Gasteiger partial charge in [-0.3, -0.25) is 24.0 Å². The predicted octanol–water partition coefficient (Wildman–Crippen LogP) is 4.25. The summed E-state index contributed by atoms with van der Waals surface area (Å²) < 4.78 is 4.93. The third-order valence-electron chi connectivity index (χ3n) is 8.81. The fourth-order valence-corrected chi connectivity index (χ4v) is 6.81. The molecule has 1 saturated heterocycles. The number of hydrogen-bond donors (Lipinski definition) is 0. The summed E-state index contributed by atoms with van der Waals surface area (Å²) in [5, 5.41) is 1.10. The Bertz CT molecular complexity index is 1200. The van der Waals surface area contributed by atoms with Crippen LogP contribution in [0.2, 0.25) is 0 Å². The molecule has 40 heavy (non-hydrogen) atoms. The number of nitrogens with zero attached hydrogens (tertiary/aromatic N) is 1. The molecule has 2 aliphatic rings. The molecule has 0 unspecified atom stereocenters. The first-order chi connectivity index (χ1) is 18.9. The van der Waals surface area contributed by atoms with Crippen molar-refractivity contribution in [1.82, 2.24) is 5.06 Å². The van der Waals surface area contributed by atoms with Gasteiger partial charge >= 0.3 is 5.97 Å². The van der Waals surface area contributed by atoms with E-state index in [-0.39, 0.29) is 62.1 Å². The van der Waals surface area contributed by atoms with E-state index in [4.69, 9.17) is 9.57 Å². The van der Waals surface area contributed by atoms with Crippen LogP contribution in [0.3, 0.4) is 0 Å². The Morgan fingerprint density at radius 3 is 1.98 bits per heavy atom. The molecule has 9 heteroatoms. The van der Waals surface area contributed by atoms with Gasteiger partial charge in [-0.25, -0.2) is 14.7 Å². The summed E-state index contributed by atoms with van der Waals surface area (Å²) in [6.07, 6.45) is 0.326. The average Bonchev–Trinajstić information content (AvgIpc) is 3.33. The van der Waals surface area contributed by atoms with Crippen LogP contribution in [0.5, 0.6) is 0 Å². The highest BCUT2D eigenvalue weighted by molar-refractivity contribution is 6.11. The second kappa shape index (κ2) is 12.1. The van der Waals surface area contributed by atoms with Crippen molar-refractivity contribution in [2.24, 2.45) is 11.8 Å². The van der Waals surface area contributed by atoms with Crippen LogP contribution in [0.1, 0.15) is 101 Å². The maximum absolute atomic E-state index is 14.1. The molecule has 0 bridgehead atoms. The minimum Gasteiger partial charge on any atom is -0.465 e. The van der Waals surface area contributed by atoms with E-state index in [2.05, 4.69) is 0 Å². The Labute approximate surface area is 235 Å². The molecule has 4 atom stereocenters. The number of amides is 1. The fourth-order valence-electron chi connectivity index (χ4n) is 6.81. The maximum atomic E-state index is 14.1. The normalized spacial score (nSPS) is 25.2. The Morgan fingerprint density at radius 1 is 0.875 bits per heavy atom. The zero-order valence-corrected chi connectivity index (χ0v) is 24.6. The zero-order valence-electron chi connectivity index (χ0n) is 24.6. The van der Waals surface area contributed by atoms with Gasteiger partial charge in [-0.15, -0.1) is 0 Å². The van der Waals surface area contributed by atoms with Crippen LogP contribution >= 0.6 is 0 Å². The molecule has 9 nitrogen and oxygen atoms in total. The van der Waals surface area contributed by atoms with E-state index in [9.17, 15) is 28.8 Å². The molecule has 2 fully saturated rings. The topological polar surface area (TPSA) is 124 Å². The number of esters is 1. The molecular formula is C31H41NO8. The van der Waals surface area contributed by atoms with Gasteiger partial charge in [0.05, 0.1) is 24.1 Å². The first-order valence-corrected chi connectivity index (χ1v) is 14.3. The highest BCUT2D eigenvalue weighted by atomic mass is 16.7. The quantitative estimate of drug-likeness (QED) is 0.293. The number of carbonyl (C=O) groups excluding carboxylic acids is 6. The first kappa shape index (κ1) is 31.3. The van der Waals surface area contributed by atoms with E-state index in [1.165, 1.54) is 7.11 Å². The molecule has 1 saturated carbocycles. The number of carbonyl (C=O) groups is 6. The lowest BCUT2D eigenvalue weighted by Crippen LogP contribution is -2.60. The number of rotatable bonds is 11. The van der Waals surface area contributed by atoms with Crippen LogP contribution in [0.25, 0.3) is 0 Å². The summed E-state index contributed by atoms with van der Waals surface area (Å²) in [5.74, 6) is -4.14.